The second kappa shape index (κ2) is 6.97. The molecule has 70 valence electrons. The molecule has 0 radical (unpaired) electrons. The minimum Gasteiger partial charge on any atom is -0.481 e. The molecule has 0 atom stereocenters. The summed E-state index contributed by atoms with van der Waals surface area (Å²) in [6, 6.07) is 0. The van der Waals surface area contributed by atoms with E-state index >= 15 is 0 Å². The zero-order valence-corrected chi connectivity index (χ0v) is 7.55. The number of aliphatic carboxylic acids is 1. The molecule has 0 amide bonds. The Kier molecular flexibility index (Phi) is 6.55. The minimum atomic E-state index is -0.824. The number of rotatable bonds is 6. The van der Waals surface area contributed by atoms with Gasteiger partial charge in [0.25, 0.3) is 0 Å². The van der Waals surface area contributed by atoms with Crippen LogP contribution >= 0.6 is 12.6 Å². The van der Waals surface area contributed by atoms with E-state index in [2.05, 4.69) is 17.4 Å². The summed E-state index contributed by atoms with van der Waals surface area (Å²) < 4.78 is 4.66. The van der Waals surface area contributed by atoms with Crippen molar-refractivity contribution in [2.45, 2.75) is 19.3 Å². The number of thiol groups is 1. The summed E-state index contributed by atoms with van der Waals surface area (Å²) in [6.45, 7) is 0.284. The van der Waals surface area contributed by atoms with Crippen LogP contribution in [0.5, 0.6) is 0 Å². The number of hydrogen-bond donors (Lipinski definition) is 2. The molecular formula is C7H12O4S. The molecule has 0 bridgehead atoms. The van der Waals surface area contributed by atoms with Gasteiger partial charge in [-0.1, -0.05) is 0 Å². The Morgan fingerprint density at radius 2 is 2.00 bits per heavy atom. The molecule has 0 unspecified atom stereocenters. The highest BCUT2D eigenvalue weighted by Crippen LogP contribution is 1.96. The van der Waals surface area contributed by atoms with Crippen LogP contribution in [-0.4, -0.2) is 29.4 Å². The molecule has 0 aliphatic carbocycles. The minimum absolute atomic E-state index is 0.0684. The third-order valence-corrected chi connectivity index (χ3v) is 1.44. The Morgan fingerprint density at radius 1 is 1.33 bits per heavy atom. The molecule has 4 nitrogen and oxygen atoms in total. The number of carboxylic acid groups (broad SMARTS) is 1. The smallest absolute Gasteiger partial charge is 0.315 e. The maximum Gasteiger partial charge on any atom is 0.315 e. The number of ether oxygens (including phenoxy) is 1. The van der Waals surface area contributed by atoms with Gasteiger partial charge in [-0.05, 0) is 12.8 Å². The van der Waals surface area contributed by atoms with E-state index in [0.717, 1.165) is 0 Å². The number of carboxylic acids is 1. The Balaban J connectivity index is 3.11. The van der Waals surface area contributed by atoms with Gasteiger partial charge in [0.1, 0.15) is 0 Å². The molecule has 0 rings (SSSR count). The standard InChI is InChI=1S/C7H12O4S/c8-6(9)3-1-2-4-11-7(10)5-12/h12H,1-5H2,(H,8,9). The van der Waals surface area contributed by atoms with Crippen LogP contribution in [0, 0.1) is 0 Å². The van der Waals surface area contributed by atoms with E-state index in [0.29, 0.717) is 12.8 Å². The van der Waals surface area contributed by atoms with Crippen LogP contribution < -0.4 is 0 Å². The van der Waals surface area contributed by atoms with Crippen LogP contribution in [0.2, 0.25) is 0 Å². The van der Waals surface area contributed by atoms with E-state index in [1.54, 1.807) is 0 Å². The summed E-state index contributed by atoms with van der Waals surface area (Å²) in [5, 5.41) is 8.25. The first kappa shape index (κ1) is 11.3. The third kappa shape index (κ3) is 7.40. The molecule has 12 heavy (non-hydrogen) atoms. The van der Waals surface area contributed by atoms with Gasteiger partial charge >= 0.3 is 11.9 Å². The second-order valence-electron chi connectivity index (χ2n) is 2.23. The third-order valence-electron chi connectivity index (χ3n) is 1.18. The van der Waals surface area contributed by atoms with Crippen molar-refractivity contribution in [2.75, 3.05) is 12.4 Å². The fourth-order valence-electron chi connectivity index (χ4n) is 0.610. The Bertz CT molecular complexity index is 157. The van der Waals surface area contributed by atoms with Gasteiger partial charge in [-0.3, -0.25) is 9.59 Å². The van der Waals surface area contributed by atoms with Gasteiger partial charge in [0, 0.05) is 6.42 Å². The topological polar surface area (TPSA) is 63.6 Å². The first-order valence-corrected chi connectivity index (χ1v) is 4.28. The Labute approximate surface area is 76.3 Å². The zero-order valence-electron chi connectivity index (χ0n) is 6.65. The highest BCUT2D eigenvalue weighted by molar-refractivity contribution is 7.81. The SMILES string of the molecule is O=C(O)CCCCOC(=O)CS. The molecule has 1 N–H and O–H groups in total. The van der Waals surface area contributed by atoms with Gasteiger partial charge in [0.05, 0.1) is 12.4 Å². The summed E-state index contributed by atoms with van der Waals surface area (Å²) in [5.74, 6) is -1.12. The monoisotopic (exact) mass is 192 g/mol. The fraction of sp³-hybridized carbons (Fsp3) is 0.714. The maximum absolute atomic E-state index is 10.5. The van der Waals surface area contributed by atoms with E-state index in [4.69, 9.17) is 5.11 Å². The van der Waals surface area contributed by atoms with Gasteiger partial charge in [0.15, 0.2) is 0 Å². The summed E-state index contributed by atoms with van der Waals surface area (Å²) in [4.78, 5) is 20.5. The maximum atomic E-state index is 10.5. The van der Waals surface area contributed by atoms with E-state index in [1.807, 2.05) is 0 Å². The van der Waals surface area contributed by atoms with Gasteiger partial charge in [0.2, 0.25) is 0 Å². The van der Waals surface area contributed by atoms with Crippen molar-refractivity contribution >= 4 is 24.6 Å². The average molecular weight is 192 g/mol. The first-order chi connectivity index (χ1) is 5.66. The normalized spacial score (nSPS) is 9.42. The van der Waals surface area contributed by atoms with E-state index in [-0.39, 0.29) is 24.7 Å². The molecular weight excluding hydrogens is 180 g/mol. The fourth-order valence-corrected chi connectivity index (χ4v) is 0.701. The average Bonchev–Trinajstić information content (AvgIpc) is 2.03. The van der Waals surface area contributed by atoms with Crippen LogP contribution in [-0.2, 0) is 14.3 Å². The second-order valence-corrected chi connectivity index (χ2v) is 2.55. The number of unbranched alkanes of at least 4 members (excludes halogenated alkanes) is 1. The molecule has 0 spiro atoms. The number of carbonyl (C=O) groups is 2. The van der Waals surface area contributed by atoms with Crippen LogP contribution in [0.4, 0.5) is 0 Å². The zero-order chi connectivity index (χ0) is 9.40. The summed E-state index contributed by atoms with van der Waals surface area (Å²) >= 11 is 3.70. The van der Waals surface area contributed by atoms with Gasteiger partial charge in [-0.25, -0.2) is 0 Å². The van der Waals surface area contributed by atoms with Crippen molar-refractivity contribution in [2.24, 2.45) is 0 Å². The molecule has 0 saturated carbocycles. The van der Waals surface area contributed by atoms with Crippen molar-refractivity contribution in [3.63, 3.8) is 0 Å². The lowest BCUT2D eigenvalue weighted by atomic mass is 10.2. The lowest BCUT2D eigenvalue weighted by Gasteiger charge is -2.00. The van der Waals surface area contributed by atoms with Crippen LogP contribution in [0.25, 0.3) is 0 Å². The van der Waals surface area contributed by atoms with Crippen molar-refractivity contribution < 1.29 is 19.4 Å². The van der Waals surface area contributed by atoms with Gasteiger partial charge in [-0.15, -0.1) is 0 Å². The Hall–Kier alpha value is -0.710. The van der Waals surface area contributed by atoms with Crippen LogP contribution in [0.3, 0.4) is 0 Å². The molecule has 0 heterocycles. The quantitative estimate of drug-likeness (QED) is 0.369. The molecule has 0 aromatic rings. The van der Waals surface area contributed by atoms with Gasteiger partial charge < -0.3 is 9.84 Å². The number of esters is 1. The largest absolute Gasteiger partial charge is 0.481 e. The Morgan fingerprint density at radius 3 is 2.50 bits per heavy atom. The highest BCUT2D eigenvalue weighted by atomic mass is 32.1. The summed E-state index contributed by atoms with van der Waals surface area (Å²) in [7, 11) is 0. The van der Waals surface area contributed by atoms with E-state index in [1.165, 1.54) is 0 Å². The molecule has 0 fully saturated rings. The molecule has 0 aromatic carbocycles. The molecule has 0 aromatic heterocycles. The predicted octanol–water partition coefficient (Wildman–Crippen LogP) is 0.714. The first-order valence-electron chi connectivity index (χ1n) is 3.65. The number of carbonyl (C=O) groups excluding carboxylic acids is 1. The van der Waals surface area contributed by atoms with Crippen LogP contribution in [0.1, 0.15) is 19.3 Å². The van der Waals surface area contributed by atoms with Crippen molar-refractivity contribution in [3.05, 3.63) is 0 Å². The summed E-state index contributed by atoms with van der Waals surface area (Å²) in [6.07, 6.45) is 1.25. The van der Waals surface area contributed by atoms with Crippen molar-refractivity contribution in [1.29, 1.82) is 0 Å². The molecule has 0 aliphatic heterocycles. The van der Waals surface area contributed by atoms with Crippen molar-refractivity contribution in [1.82, 2.24) is 0 Å². The predicted molar refractivity (Wildman–Crippen MR) is 46.3 cm³/mol. The lowest BCUT2D eigenvalue weighted by Crippen LogP contribution is -2.07. The molecule has 5 heteroatoms. The van der Waals surface area contributed by atoms with Crippen LogP contribution in [0.15, 0.2) is 0 Å². The number of hydrogen-bond acceptors (Lipinski definition) is 4. The van der Waals surface area contributed by atoms with E-state index in [9.17, 15) is 9.59 Å². The van der Waals surface area contributed by atoms with E-state index < -0.39 is 5.97 Å². The molecule has 0 aliphatic rings. The molecule has 0 saturated heterocycles. The lowest BCUT2D eigenvalue weighted by molar-refractivity contribution is -0.140. The van der Waals surface area contributed by atoms with Crippen molar-refractivity contribution in [3.8, 4) is 0 Å². The highest BCUT2D eigenvalue weighted by Gasteiger charge is 1.99. The summed E-state index contributed by atoms with van der Waals surface area (Å²) in [5.41, 5.74) is 0. The van der Waals surface area contributed by atoms with Gasteiger partial charge in [-0.2, -0.15) is 12.6 Å².